The minimum atomic E-state index is -0.269. The standard InChI is InChI=1S/C16H33NO3/c1-13(2)14(18)7-8-15(3,4)19-11-9-16(5,6)20-12-10-17/h13H,7-12,17H2,1-6H3. The molecule has 4 heteroatoms. The summed E-state index contributed by atoms with van der Waals surface area (Å²) in [5.74, 6) is 0.405. The molecule has 4 nitrogen and oxygen atoms in total. The molecule has 120 valence electrons. The molecule has 20 heavy (non-hydrogen) atoms. The summed E-state index contributed by atoms with van der Waals surface area (Å²) in [4.78, 5) is 11.7. The predicted molar refractivity (Wildman–Crippen MR) is 82.8 cm³/mol. The normalized spacial score (nSPS) is 13.0. The molecule has 0 amide bonds. The topological polar surface area (TPSA) is 61.5 Å². The van der Waals surface area contributed by atoms with Gasteiger partial charge in [-0.15, -0.1) is 0 Å². The highest BCUT2D eigenvalue weighted by Gasteiger charge is 2.23. The first-order valence-electron chi connectivity index (χ1n) is 7.60. The Bertz CT molecular complexity index is 285. The summed E-state index contributed by atoms with van der Waals surface area (Å²) >= 11 is 0. The van der Waals surface area contributed by atoms with Crippen molar-refractivity contribution < 1.29 is 14.3 Å². The number of carbonyl (C=O) groups is 1. The Morgan fingerprint density at radius 1 is 1.00 bits per heavy atom. The number of hydrogen-bond acceptors (Lipinski definition) is 4. The van der Waals surface area contributed by atoms with E-state index in [4.69, 9.17) is 15.2 Å². The fraction of sp³-hybridized carbons (Fsp3) is 0.938. The van der Waals surface area contributed by atoms with E-state index in [2.05, 4.69) is 0 Å². The minimum Gasteiger partial charge on any atom is -0.375 e. The average Bonchev–Trinajstić information content (AvgIpc) is 2.33. The van der Waals surface area contributed by atoms with Crippen LogP contribution in [0.5, 0.6) is 0 Å². The van der Waals surface area contributed by atoms with Gasteiger partial charge in [0.05, 0.1) is 24.4 Å². The van der Waals surface area contributed by atoms with Crippen LogP contribution < -0.4 is 5.73 Å². The van der Waals surface area contributed by atoms with Crippen LogP contribution in [0.3, 0.4) is 0 Å². The molecule has 0 fully saturated rings. The van der Waals surface area contributed by atoms with Crippen LogP contribution in [0.1, 0.15) is 60.8 Å². The highest BCUT2D eigenvalue weighted by atomic mass is 16.5. The maximum Gasteiger partial charge on any atom is 0.135 e. The molecular weight excluding hydrogens is 254 g/mol. The fourth-order valence-electron chi connectivity index (χ4n) is 1.77. The number of ketones is 1. The lowest BCUT2D eigenvalue weighted by Gasteiger charge is -2.29. The zero-order valence-electron chi connectivity index (χ0n) is 14.1. The number of rotatable bonds is 11. The van der Waals surface area contributed by atoms with Gasteiger partial charge >= 0.3 is 0 Å². The molecule has 0 saturated heterocycles. The number of Topliss-reactive ketones (excluding diaryl/α,β-unsaturated/α-hetero) is 1. The summed E-state index contributed by atoms with van der Waals surface area (Å²) in [5.41, 5.74) is 4.95. The molecule has 0 spiro atoms. The minimum absolute atomic E-state index is 0.106. The Labute approximate surface area is 124 Å². The maximum atomic E-state index is 11.7. The quantitative estimate of drug-likeness (QED) is 0.634. The van der Waals surface area contributed by atoms with E-state index in [0.717, 1.165) is 12.8 Å². The summed E-state index contributed by atoms with van der Waals surface area (Å²) < 4.78 is 11.6. The second-order valence-corrected chi connectivity index (χ2v) is 6.88. The van der Waals surface area contributed by atoms with Crippen molar-refractivity contribution in [1.82, 2.24) is 0 Å². The van der Waals surface area contributed by atoms with Crippen LogP contribution in [-0.4, -0.2) is 36.7 Å². The molecule has 0 rings (SSSR count). The molecule has 0 radical (unpaired) electrons. The van der Waals surface area contributed by atoms with Gasteiger partial charge in [-0.3, -0.25) is 4.79 Å². The maximum absolute atomic E-state index is 11.7. The summed E-state index contributed by atoms with van der Waals surface area (Å²) in [7, 11) is 0. The van der Waals surface area contributed by atoms with Gasteiger partial charge in [-0.1, -0.05) is 13.8 Å². The lowest BCUT2D eigenvalue weighted by atomic mass is 9.96. The molecule has 0 aromatic rings. The van der Waals surface area contributed by atoms with Gasteiger partial charge in [0.1, 0.15) is 5.78 Å². The van der Waals surface area contributed by atoms with Crippen LogP contribution in [0, 0.1) is 5.92 Å². The van der Waals surface area contributed by atoms with E-state index in [0.29, 0.717) is 32.0 Å². The molecule has 0 aromatic heterocycles. The fourth-order valence-corrected chi connectivity index (χ4v) is 1.77. The van der Waals surface area contributed by atoms with Crippen LogP contribution >= 0.6 is 0 Å². The third-order valence-corrected chi connectivity index (χ3v) is 3.42. The number of hydrogen-bond donors (Lipinski definition) is 1. The van der Waals surface area contributed by atoms with Crippen molar-refractivity contribution in [1.29, 1.82) is 0 Å². The lowest BCUT2D eigenvalue weighted by Crippen LogP contribution is -2.32. The Balaban J connectivity index is 4.00. The monoisotopic (exact) mass is 287 g/mol. The van der Waals surface area contributed by atoms with Crippen molar-refractivity contribution in [3.05, 3.63) is 0 Å². The van der Waals surface area contributed by atoms with Crippen molar-refractivity contribution in [3.8, 4) is 0 Å². The van der Waals surface area contributed by atoms with Gasteiger partial charge in [0.15, 0.2) is 0 Å². The van der Waals surface area contributed by atoms with Crippen LogP contribution in [-0.2, 0) is 14.3 Å². The summed E-state index contributed by atoms with van der Waals surface area (Å²) in [6.45, 7) is 13.8. The van der Waals surface area contributed by atoms with Crippen LogP contribution in [0.15, 0.2) is 0 Å². The molecule has 2 N–H and O–H groups in total. The van der Waals surface area contributed by atoms with Crippen molar-refractivity contribution in [2.24, 2.45) is 11.7 Å². The predicted octanol–water partition coefficient (Wildman–Crippen LogP) is 2.93. The zero-order valence-corrected chi connectivity index (χ0v) is 14.1. The molecule has 0 aliphatic carbocycles. The van der Waals surface area contributed by atoms with Gasteiger partial charge in [0.2, 0.25) is 0 Å². The van der Waals surface area contributed by atoms with Crippen molar-refractivity contribution in [2.75, 3.05) is 19.8 Å². The first-order valence-corrected chi connectivity index (χ1v) is 7.60. The highest BCUT2D eigenvalue weighted by Crippen LogP contribution is 2.21. The van der Waals surface area contributed by atoms with Gasteiger partial charge in [-0.2, -0.15) is 0 Å². The third-order valence-electron chi connectivity index (χ3n) is 3.42. The zero-order chi connectivity index (χ0) is 15.8. The lowest BCUT2D eigenvalue weighted by molar-refractivity contribution is -0.124. The molecule has 0 bridgehead atoms. The van der Waals surface area contributed by atoms with E-state index in [1.54, 1.807) is 0 Å². The Morgan fingerprint density at radius 2 is 1.50 bits per heavy atom. The van der Waals surface area contributed by atoms with Gasteiger partial charge in [-0.05, 0) is 40.5 Å². The summed E-state index contributed by atoms with van der Waals surface area (Å²) in [5, 5.41) is 0. The molecule has 0 aliphatic rings. The highest BCUT2D eigenvalue weighted by molar-refractivity contribution is 5.80. The molecule has 0 saturated carbocycles. The largest absolute Gasteiger partial charge is 0.375 e. The van der Waals surface area contributed by atoms with Gasteiger partial charge in [-0.25, -0.2) is 0 Å². The number of carbonyl (C=O) groups excluding carboxylic acids is 1. The van der Waals surface area contributed by atoms with E-state index >= 15 is 0 Å². The second-order valence-electron chi connectivity index (χ2n) is 6.88. The smallest absolute Gasteiger partial charge is 0.135 e. The van der Waals surface area contributed by atoms with Gasteiger partial charge in [0, 0.05) is 18.9 Å². The van der Waals surface area contributed by atoms with Crippen molar-refractivity contribution in [2.45, 2.75) is 72.0 Å². The van der Waals surface area contributed by atoms with Crippen molar-refractivity contribution >= 4 is 5.78 Å². The van der Waals surface area contributed by atoms with E-state index in [1.807, 2.05) is 41.5 Å². The van der Waals surface area contributed by atoms with E-state index in [9.17, 15) is 4.79 Å². The van der Waals surface area contributed by atoms with Crippen LogP contribution in [0.2, 0.25) is 0 Å². The van der Waals surface area contributed by atoms with E-state index in [-0.39, 0.29) is 17.1 Å². The first-order chi connectivity index (χ1) is 9.09. The summed E-state index contributed by atoms with van der Waals surface area (Å²) in [6.07, 6.45) is 2.15. The molecule has 0 unspecified atom stereocenters. The Kier molecular flexibility index (Phi) is 8.56. The first kappa shape index (κ1) is 19.6. The number of ether oxygens (including phenoxy) is 2. The van der Waals surface area contributed by atoms with Crippen molar-refractivity contribution in [3.63, 3.8) is 0 Å². The Morgan fingerprint density at radius 3 is 2.00 bits per heavy atom. The van der Waals surface area contributed by atoms with Gasteiger partial charge in [0.25, 0.3) is 0 Å². The summed E-state index contributed by atoms with van der Waals surface area (Å²) in [6, 6.07) is 0. The number of nitrogens with two attached hydrogens (primary N) is 1. The second kappa shape index (κ2) is 8.75. The molecule has 0 aliphatic heterocycles. The molecular formula is C16H33NO3. The molecule has 0 aromatic carbocycles. The van der Waals surface area contributed by atoms with E-state index < -0.39 is 0 Å². The Hall–Kier alpha value is -0.450. The van der Waals surface area contributed by atoms with E-state index in [1.165, 1.54) is 0 Å². The average molecular weight is 287 g/mol. The third kappa shape index (κ3) is 9.45. The molecule has 0 heterocycles. The SMILES string of the molecule is CC(C)C(=O)CCC(C)(C)OCCC(C)(C)OCCN. The van der Waals surface area contributed by atoms with Crippen LogP contribution in [0.4, 0.5) is 0 Å². The van der Waals surface area contributed by atoms with Crippen LogP contribution in [0.25, 0.3) is 0 Å². The van der Waals surface area contributed by atoms with Gasteiger partial charge < -0.3 is 15.2 Å². The molecule has 0 atom stereocenters.